The molecule has 4 nitrogen and oxygen atoms in total. The number of pyridine rings is 1. The van der Waals surface area contributed by atoms with Crippen LogP contribution in [0.2, 0.25) is 5.02 Å². The molecular weight excluding hydrogens is 394 g/mol. The van der Waals surface area contributed by atoms with Gasteiger partial charge in [-0.25, -0.2) is 9.19 Å². The molecule has 28 heavy (non-hydrogen) atoms. The Morgan fingerprint density at radius 2 is 1.71 bits per heavy atom. The van der Waals surface area contributed by atoms with Gasteiger partial charge in [0.2, 0.25) is 0 Å². The van der Waals surface area contributed by atoms with Gasteiger partial charge >= 0.3 is 0 Å². The smallest absolute Gasteiger partial charge is 0.186 e. The number of ether oxygens (including phenoxy) is 1. The zero-order valence-corrected chi connectivity index (χ0v) is 16.3. The van der Waals surface area contributed by atoms with E-state index in [1.54, 1.807) is 24.3 Å². The molecule has 0 aliphatic carbocycles. The number of benzene rings is 3. The lowest BCUT2D eigenvalue weighted by molar-refractivity contribution is 0.306. The molecule has 0 bridgehead atoms. The summed E-state index contributed by atoms with van der Waals surface area (Å²) in [6.45, 7) is 0.509. The molecule has 4 rings (SSSR count). The molecule has 0 saturated heterocycles. The molecule has 0 fully saturated rings. The van der Waals surface area contributed by atoms with E-state index in [4.69, 9.17) is 16.3 Å². The van der Waals surface area contributed by atoms with E-state index in [1.807, 2.05) is 54.6 Å². The minimum Gasteiger partial charge on any atom is -0.489 e. The summed E-state index contributed by atoms with van der Waals surface area (Å²) in [5.41, 5.74) is 3.41. The van der Waals surface area contributed by atoms with Crippen LogP contribution in [0, 0.1) is 0 Å². The summed E-state index contributed by atoms with van der Waals surface area (Å²) in [4.78, 5) is 4.92. The van der Waals surface area contributed by atoms with E-state index >= 15 is 0 Å². The molecule has 0 saturated carbocycles. The van der Waals surface area contributed by atoms with Crippen molar-refractivity contribution in [3.05, 3.63) is 89.4 Å². The molecule has 1 aromatic heterocycles. The summed E-state index contributed by atoms with van der Waals surface area (Å²) in [5.74, 6) is 0.773. The van der Waals surface area contributed by atoms with Gasteiger partial charge in [0, 0.05) is 10.9 Å². The molecule has 140 valence electrons. The molecule has 0 amide bonds. The number of halogens is 1. The first-order valence-electron chi connectivity index (χ1n) is 8.58. The molecule has 0 spiro atoms. The van der Waals surface area contributed by atoms with E-state index < -0.39 is 11.1 Å². The minimum absolute atomic E-state index is 0.295. The topological polar surface area (TPSA) is 59.4 Å². The molecule has 1 atom stereocenters. The highest BCUT2D eigenvalue weighted by atomic mass is 35.5. The van der Waals surface area contributed by atoms with Crippen molar-refractivity contribution in [3.63, 3.8) is 0 Å². The van der Waals surface area contributed by atoms with E-state index in [1.165, 1.54) is 0 Å². The molecule has 6 heteroatoms. The quantitative estimate of drug-likeness (QED) is 0.428. The third kappa shape index (κ3) is 4.07. The van der Waals surface area contributed by atoms with Crippen LogP contribution in [0.5, 0.6) is 5.75 Å². The number of aromatic nitrogens is 1. The summed E-state index contributed by atoms with van der Waals surface area (Å²) in [6.07, 6.45) is 0. The molecule has 3 aromatic carbocycles. The summed E-state index contributed by atoms with van der Waals surface area (Å²) >= 11 is 4.34. The van der Waals surface area contributed by atoms with E-state index in [9.17, 15) is 8.76 Å². The van der Waals surface area contributed by atoms with Gasteiger partial charge in [0.25, 0.3) is 0 Å². The first kappa shape index (κ1) is 18.6. The predicted octanol–water partition coefficient (Wildman–Crippen LogP) is 5.71. The fourth-order valence-corrected chi connectivity index (χ4v) is 3.54. The van der Waals surface area contributed by atoms with Gasteiger partial charge in [-0.3, -0.25) is 0 Å². The van der Waals surface area contributed by atoms with Crippen LogP contribution in [0.1, 0.15) is 5.56 Å². The highest BCUT2D eigenvalue weighted by Crippen LogP contribution is 2.30. The SMILES string of the molecule is O=S(O)c1ccc2nc(-c3ccc(OCc4ccccc4)cc3)cc(Cl)c2c1. The second-order valence-electron chi connectivity index (χ2n) is 6.22. The van der Waals surface area contributed by atoms with Crippen LogP contribution in [0.4, 0.5) is 0 Å². The normalized spacial score (nSPS) is 12.1. The van der Waals surface area contributed by atoms with Crippen LogP contribution < -0.4 is 4.74 Å². The lowest BCUT2D eigenvalue weighted by Gasteiger charge is -2.09. The Balaban J connectivity index is 1.57. The zero-order chi connectivity index (χ0) is 19.5. The standard InChI is InChI=1S/C22H16ClNO3S/c23-20-13-22(24-21-11-10-18(28(25)26)12-19(20)21)16-6-8-17(9-7-16)27-14-15-4-2-1-3-5-15/h1-13H,14H2,(H,25,26). The number of hydrogen-bond donors (Lipinski definition) is 1. The van der Waals surface area contributed by atoms with Crippen molar-refractivity contribution < 1.29 is 13.5 Å². The van der Waals surface area contributed by atoms with E-state index in [0.717, 1.165) is 22.6 Å². The first-order valence-corrected chi connectivity index (χ1v) is 10.1. The maximum absolute atomic E-state index is 11.3. The lowest BCUT2D eigenvalue weighted by Crippen LogP contribution is -1.95. The third-order valence-corrected chi connectivity index (χ3v) is 5.30. The van der Waals surface area contributed by atoms with Gasteiger partial charge in [-0.2, -0.15) is 0 Å². The highest BCUT2D eigenvalue weighted by molar-refractivity contribution is 7.79. The van der Waals surface area contributed by atoms with Crippen molar-refractivity contribution >= 4 is 33.6 Å². The fourth-order valence-electron chi connectivity index (χ4n) is 2.88. The summed E-state index contributed by atoms with van der Waals surface area (Å²) in [7, 11) is 0. The third-order valence-electron chi connectivity index (χ3n) is 4.33. The number of nitrogens with zero attached hydrogens (tertiary/aromatic N) is 1. The maximum atomic E-state index is 11.3. The molecule has 1 heterocycles. The molecule has 1 N–H and O–H groups in total. The summed E-state index contributed by atoms with van der Waals surface area (Å²) < 4.78 is 26.3. The fraction of sp³-hybridized carbons (Fsp3) is 0.0455. The molecule has 0 aliphatic heterocycles. The van der Waals surface area contributed by atoms with Gasteiger partial charge in [-0.15, -0.1) is 0 Å². The van der Waals surface area contributed by atoms with Gasteiger partial charge in [0.1, 0.15) is 12.4 Å². The second kappa shape index (κ2) is 8.10. The van der Waals surface area contributed by atoms with Crippen LogP contribution in [0.15, 0.2) is 83.8 Å². The first-order chi connectivity index (χ1) is 13.6. The van der Waals surface area contributed by atoms with Gasteiger partial charge < -0.3 is 9.29 Å². The second-order valence-corrected chi connectivity index (χ2v) is 7.59. The van der Waals surface area contributed by atoms with E-state index in [0.29, 0.717) is 27.4 Å². The van der Waals surface area contributed by atoms with Crippen molar-refractivity contribution in [1.29, 1.82) is 0 Å². The predicted molar refractivity (Wildman–Crippen MR) is 112 cm³/mol. The Morgan fingerprint density at radius 1 is 0.964 bits per heavy atom. The van der Waals surface area contributed by atoms with Crippen LogP contribution in [-0.4, -0.2) is 13.7 Å². The highest BCUT2D eigenvalue weighted by Gasteiger charge is 2.09. The molecular formula is C22H16ClNO3S. The molecule has 0 aliphatic rings. The Kier molecular flexibility index (Phi) is 5.39. The van der Waals surface area contributed by atoms with Crippen LogP contribution >= 0.6 is 11.6 Å². The van der Waals surface area contributed by atoms with Crippen molar-refractivity contribution in [2.24, 2.45) is 0 Å². The van der Waals surface area contributed by atoms with E-state index in [2.05, 4.69) is 4.98 Å². The van der Waals surface area contributed by atoms with Crippen LogP contribution in [0.3, 0.4) is 0 Å². The Bertz CT molecular complexity index is 1150. The van der Waals surface area contributed by atoms with Crippen molar-refractivity contribution in [2.45, 2.75) is 11.5 Å². The van der Waals surface area contributed by atoms with Gasteiger partial charge in [0.15, 0.2) is 11.1 Å². The van der Waals surface area contributed by atoms with Crippen LogP contribution in [-0.2, 0) is 17.7 Å². The molecule has 4 aromatic rings. The number of rotatable bonds is 5. The number of hydrogen-bond acceptors (Lipinski definition) is 3. The average molecular weight is 410 g/mol. The summed E-state index contributed by atoms with van der Waals surface area (Å²) in [5, 5.41) is 1.13. The Labute approximate surface area is 170 Å². The van der Waals surface area contributed by atoms with Crippen molar-refractivity contribution in [1.82, 2.24) is 4.98 Å². The largest absolute Gasteiger partial charge is 0.489 e. The average Bonchev–Trinajstić information content (AvgIpc) is 2.73. The van der Waals surface area contributed by atoms with Crippen molar-refractivity contribution in [3.8, 4) is 17.0 Å². The Hall–Kier alpha value is -2.73. The zero-order valence-electron chi connectivity index (χ0n) is 14.7. The van der Waals surface area contributed by atoms with Gasteiger partial charge in [-0.1, -0.05) is 41.9 Å². The van der Waals surface area contributed by atoms with Crippen LogP contribution in [0.25, 0.3) is 22.2 Å². The monoisotopic (exact) mass is 409 g/mol. The van der Waals surface area contributed by atoms with Gasteiger partial charge in [0.05, 0.1) is 21.1 Å². The molecule has 0 radical (unpaired) electrons. The molecule has 1 unspecified atom stereocenters. The number of fused-ring (bicyclic) bond motifs is 1. The Morgan fingerprint density at radius 3 is 2.43 bits per heavy atom. The van der Waals surface area contributed by atoms with Gasteiger partial charge in [-0.05, 0) is 54.1 Å². The lowest BCUT2D eigenvalue weighted by atomic mass is 10.1. The maximum Gasteiger partial charge on any atom is 0.186 e. The van der Waals surface area contributed by atoms with E-state index in [-0.39, 0.29) is 0 Å². The summed E-state index contributed by atoms with van der Waals surface area (Å²) in [6, 6.07) is 24.3. The van der Waals surface area contributed by atoms with Crippen molar-refractivity contribution in [2.75, 3.05) is 0 Å². The minimum atomic E-state index is -2.05.